The zero-order valence-corrected chi connectivity index (χ0v) is 18.0. The zero-order chi connectivity index (χ0) is 21.3. The Balaban J connectivity index is 1.54. The van der Waals surface area contributed by atoms with Crippen LogP contribution in [0.25, 0.3) is 22.1 Å². The summed E-state index contributed by atoms with van der Waals surface area (Å²) in [7, 11) is 0. The minimum atomic E-state index is -0.0623. The number of para-hydroxylation sites is 2. The van der Waals surface area contributed by atoms with Gasteiger partial charge in [-0.25, -0.2) is 9.36 Å². The van der Waals surface area contributed by atoms with Gasteiger partial charge >= 0.3 is 0 Å². The summed E-state index contributed by atoms with van der Waals surface area (Å²) in [5.41, 5.74) is 3.91. The van der Waals surface area contributed by atoms with Crippen molar-refractivity contribution in [3.05, 3.63) is 48.5 Å². The van der Waals surface area contributed by atoms with Gasteiger partial charge in [-0.1, -0.05) is 34.7 Å². The third kappa shape index (κ3) is 3.45. The lowest BCUT2D eigenvalue weighted by Crippen LogP contribution is -2.55. The number of aromatic nitrogens is 6. The Bertz CT molecular complexity index is 1090. The molecule has 2 fully saturated rings. The van der Waals surface area contributed by atoms with Crippen LogP contribution in [0.4, 0.5) is 0 Å². The van der Waals surface area contributed by atoms with Crippen LogP contribution in [-0.4, -0.2) is 92.1 Å². The summed E-state index contributed by atoms with van der Waals surface area (Å²) in [4.78, 5) is 5.03. The molecule has 10 heteroatoms. The second-order valence-corrected chi connectivity index (χ2v) is 8.44. The van der Waals surface area contributed by atoms with Crippen molar-refractivity contribution >= 4 is 22.1 Å². The lowest BCUT2D eigenvalue weighted by atomic mass is 10.2. The monoisotopic (exact) mass is 432 g/mol. The average Bonchev–Trinajstić information content (AvgIpc) is 3.48. The smallest absolute Gasteiger partial charge is 0.143 e. The molecule has 2 saturated heterocycles. The fraction of sp³-hybridized carbons (Fsp3) is 0.455. The molecule has 0 bridgehead atoms. The van der Waals surface area contributed by atoms with Crippen molar-refractivity contribution in [1.82, 2.24) is 50.4 Å². The molecule has 2 N–H and O–H groups in total. The van der Waals surface area contributed by atoms with E-state index in [1.165, 1.54) is 0 Å². The van der Waals surface area contributed by atoms with E-state index in [2.05, 4.69) is 74.7 Å². The van der Waals surface area contributed by atoms with Gasteiger partial charge in [0.1, 0.15) is 23.4 Å². The van der Waals surface area contributed by atoms with E-state index < -0.39 is 0 Å². The van der Waals surface area contributed by atoms with Crippen LogP contribution in [0.15, 0.2) is 48.5 Å². The van der Waals surface area contributed by atoms with E-state index >= 15 is 0 Å². The van der Waals surface area contributed by atoms with E-state index in [0.29, 0.717) is 0 Å². The number of hydrogen-bond acceptors (Lipinski definition) is 8. The van der Waals surface area contributed by atoms with Crippen LogP contribution < -0.4 is 10.6 Å². The molecule has 6 rings (SSSR count). The molecule has 4 aromatic rings. The Labute approximate surface area is 186 Å². The Kier molecular flexibility index (Phi) is 5.27. The molecule has 0 aliphatic carbocycles. The Morgan fingerprint density at radius 2 is 1.00 bits per heavy atom. The lowest BCUT2D eigenvalue weighted by molar-refractivity contribution is -0.0245. The molecular formula is C22H28N10. The fourth-order valence-electron chi connectivity index (χ4n) is 5.00. The fourth-order valence-corrected chi connectivity index (χ4v) is 5.00. The van der Waals surface area contributed by atoms with Crippen LogP contribution in [-0.2, 0) is 0 Å². The van der Waals surface area contributed by atoms with Crippen molar-refractivity contribution < 1.29 is 0 Å². The van der Waals surface area contributed by atoms with Crippen LogP contribution >= 0.6 is 0 Å². The van der Waals surface area contributed by atoms with Crippen LogP contribution in [0.1, 0.15) is 12.3 Å². The number of benzene rings is 2. The molecule has 32 heavy (non-hydrogen) atoms. The maximum Gasteiger partial charge on any atom is 0.143 e. The van der Waals surface area contributed by atoms with Crippen molar-refractivity contribution in [2.45, 2.75) is 12.3 Å². The van der Waals surface area contributed by atoms with Gasteiger partial charge in [0.2, 0.25) is 0 Å². The van der Waals surface area contributed by atoms with Crippen LogP contribution in [0, 0.1) is 0 Å². The average molecular weight is 433 g/mol. The summed E-state index contributed by atoms with van der Waals surface area (Å²) < 4.78 is 4.20. The van der Waals surface area contributed by atoms with E-state index in [9.17, 15) is 0 Å². The van der Waals surface area contributed by atoms with Gasteiger partial charge in [0.15, 0.2) is 0 Å². The van der Waals surface area contributed by atoms with Gasteiger partial charge in [0, 0.05) is 52.4 Å². The highest BCUT2D eigenvalue weighted by Gasteiger charge is 2.39. The number of nitrogens with zero attached hydrogens (tertiary/aromatic N) is 8. The Morgan fingerprint density at radius 1 is 0.594 bits per heavy atom. The van der Waals surface area contributed by atoms with Crippen molar-refractivity contribution in [1.29, 1.82) is 0 Å². The predicted molar refractivity (Wildman–Crippen MR) is 122 cm³/mol. The molecule has 0 spiro atoms. The zero-order valence-electron chi connectivity index (χ0n) is 18.0. The maximum absolute atomic E-state index is 4.68. The highest BCUT2D eigenvalue weighted by molar-refractivity contribution is 5.75. The van der Waals surface area contributed by atoms with E-state index in [4.69, 9.17) is 0 Å². The molecule has 2 aliphatic heterocycles. The second kappa shape index (κ2) is 8.55. The molecule has 166 valence electrons. The third-order valence-corrected chi connectivity index (χ3v) is 6.57. The number of piperazine rings is 2. The van der Waals surface area contributed by atoms with Gasteiger partial charge in [-0.2, -0.15) is 0 Å². The van der Waals surface area contributed by atoms with Gasteiger partial charge in [-0.05, 0) is 24.3 Å². The van der Waals surface area contributed by atoms with E-state index in [0.717, 1.165) is 74.4 Å². The predicted octanol–water partition coefficient (Wildman–Crippen LogP) is 0.684. The first kappa shape index (κ1) is 19.7. The molecule has 10 nitrogen and oxygen atoms in total. The molecular weight excluding hydrogens is 404 g/mol. The minimum absolute atomic E-state index is 0.0623. The Morgan fingerprint density at radius 3 is 1.44 bits per heavy atom. The number of hydrogen-bond donors (Lipinski definition) is 2. The maximum atomic E-state index is 4.68. The lowest BCUT2D eigenvalue weighted by Gasteiger charge is -2.44. The molecule has 2 aromatic heterocycles. The quantitative estimate of drug-likeness (QED) is 0.476. The normalized spacial score (nSPS) is 20.6. The summed E-state index contributed by atoms with van der Waals surface area (Å²) in [6.45, 7) is 7.57. The standard InChI is InChI=1S/C22H28N10/c1-3-7-19-17(5-1)25-27-31(19)21(29-13-9-23-10-14-29)22(30-15-11-24-12-16-30)32-20-8-4-2-6-18(20)26-28-32/h1-8,21-24H,9-16H2. The van der Waals surface area contributed by atoms with Crippen LogP contribution in [0.5, 0.6) is 0 Å². The first-order valence-corrected chi connectivity index (χ1v) is 11.4. The SMILES string of the molecule is c1ccc2c(c1)nnn2C(C(N1CCNCC1)n1nnc2ccccc21)N1CCNCC1. The largest absolute Gasteiger partial charge is 0.314 e. The molecule has 0 saturated carbocycles. The van der Waals surface area contributed by atoms with Crippen molar-refractivity contribution in [3.63, 3.8) is 0 Å². The summed E-state index contributed by atoms with van der Waals surface area (Å²) in [5.74, 6) is 0. The first-order chi connectivity index (χ1) is 15.9. The molecule has 0 amide bonds. The molecule has 0 radical (unpaired) electrons. The highest BCUT2D eigenvalue weighted by Crippen LogP contribution is 2.34. The van der Waals surface area contributed by atoms with Gasteiger partial charge in [-0.3, -0.25) is 9.80 Å². The molecule has 2 aromatic carbocycles. The minimum Gasteiger partial charge on any atom is -0.314 e. The summed E-state index contributed by atoms with van der Waals surface area (Å²) >= 11 is 0. The van der Waals surface area contributed by atoms with Gasteiger partial charge < -0.3 is 10.6 Å². The van der Waals surface area contributed by atoms with Gasteiger partial charge in [0.05, 0.1) is 11.0 Å². The molecule has 4 heterocycles. The summed E-state index contributed by atoms with van der Waals surface area (Å²) in [6, 6.07) is 16.4. The van der Waals surface area contributed by atoms with Crippen molar-refractivity contribution in [2.75, 3.05) is 52.4 Å². The van der Waals surface area contributed by atoms with E-state index in [1.807, 2.05) is 24.3 Å². The second-order valence-electron chi connectivity index (χ2n) is 8.44. The number of nitrogens with one attached hydrogen (secondary N) is 2. The van der Waals surface area contributed by atoms with E-state index in [1.54, 1.807) is 0 Å². The van der Waals surface area contributed by atoms with E-state index in [-0.39, 0.29) is 12.3 Å². The van der Waals surface area contributed by atoms with Crippen molar-refractivity contribution in [3.8, 4) is 0 Å². The highest BCUT2D eigenvalue weighted by atomic mass is 15.6. The summed E-state index contributed by atoms with van der Waals surface area (Å²) in [6.07, 6.45) is -0.125. The first-order valence-electron chi connectivity index (χ1n) is 11.4. The number of fused-ring (bicyclic) bond motifs is 2. The van der Waals surface area contributed by atoms with Crippen molar-refractivity contribution in [2.24, 2.45) is 0 Å². The van der Waals surface area contributed by atoms with Crippen LogP contribution in [0.2, 0.25) is 0 Å². The Hall–Kier alpha value is -2.92. The van der Waals surface area contributed by atoms with Crippen LogP contribution in [0.3, 0.4) is 0 Å². The molecule has 2 unspecified atom stereocenters. The van der Waals surface area contributed by atoms with Gasteiger partial charge in [0.25, 0.3) is 0 Å². The summed E-state index contributed by atoms with van der Waals surface area (Å²) in [5, 5.41) is 25.3. The number of rotatable bonds is 5. The third-order valence-electron chi connectivity index (χ3n) is 6.57. The molecule has 2 atom stereocenters. The molecule has 2 aliphatic rings. The topological polar surface area (TPSA) is 92.0 Å². The van der Waals surface area contributed by atoms with Gasteiger partial charge in [-0.15, -0.1) is 10.2 Å².